The van der Waals surface area contributed by atoms with Crippen molar-refractivity contribution < 1.29 is 19.0 Å². The van der Waals surface area contributed by atoms with Crippen molar-refractivity contribution >= 4 is 17.3 Å². The summed E-state index contributed by atoms with van der Waals surface area (Å²) in [6, 6.07) is 4.42. The maximum absolute atomic E-state index is 13.0. The second kappa shape index (κ2) is 12.2. The van der Waals surface area contributed by atoms with E-state index in [1.165, 1.54) is 32.1 Å². The van der Waals surface area contributed by atoms with E-state index in [4.69, 9.17) is 14.2 Å². The summed E-state index contributed by atoms with van der Waals surface area (Å²) < 4.78 is 17.3. The first-order valence-corrected chi connectivity index (χ1v) is 12.0. The van der Waals surface area contributed by atoms with Gasteiger partial charge in [-0.3, -0.25) is 9.69 Å². The molecule has 0 spiro atoms. The number of likely N-dealkylation sites (N-methyl/N-ethyl adjacent to an activating group) is 1. The summed E-state index contributed by atoms with van der Waals surface area (Å²) in [6.45, 7) is 11.5. The third-order valence-corrected chi connectivity index (χ3v) is 6.13. The van der Waals surface area contributed by atoms with Gasteiger partial charge in [-0.05, 0) is 33.2 Å². The van der Waals surface area contributed by atoms with E-state index in [-0.39, 0.29) is 5.91 Å². The monoisotopic (exact) mass is 433 g/mol. The molecule has 1 N–H and O–H groups in total. The van der Waals surface area contributed by atoms with Gasteiger partial charge in [0.25, 0.3) is 0 Å². The molecule has 0 bridgehead atoms. The Hall–Kier alpha value is -1.99. The smallest absolute Gasteiger partial charge is 0.238 e. The molecule has 174 valence electrons. The van der Waals surface area contributed by atoms with Crippen LogP contribution in [-0.2, 0) is 9.53 Å². The van der Waals surface area contributed by atoms with Gasteiger partial charge in [0.15, 0.2) is 0 Å². The first kappa shape index (κ1) is 23.7. The van der Waals surface area contributed by atoms with E-state index in [9.17, 15) is 4.79 Å². The van der Waals surface area contributed by atoms with Crippen LogP contribution in [0.4, 0.5) is 11.4 Å². The quantitative estimate of drug-likeness (QED) is 0.604. The molecule has 7 nitrogen and oxygen atoms in total. The second-order valence-electron chi connectivity index (χ2n) is 8.18. The fourth-order valence-electron chi connectivity index (χ4n) is 4.56. The Kier molecular flexibility index (Phi) is 9.28. The van der Waals surface area contributed by atoms with Crippen LogP contribution in [0.15, 0.2) is 12.1 Å². The predicted octanol–water partition coefficient (Wildman–Crippen LogP) is 3.91. The molecule has 0 unspecified atom stereocenters. The highest BCUT2D eigenvalue weighted by Gasteiger charge is 2.24. The summed E-state index contributed by atoms with van der Waals surface area (Å²) in [5, 5.41) is 3.10. The molecule has 1 saturated heterocycles. The van der Waals surface area contributed by atoms with Crippen molar-refractivity contribution in [3.63, 3.8) is 0 Å². The van der Waals surface area contributed by atoms with Crippen molar-refractivity contribution in [3.05, 3.63) is 12.1 Å². The number of carbonyl (C=O) groups excluding carboxylic acids is 1. The molecule has 1 saturated carbocycles. The minimum Gasteiger partial charge on any atom is -0.492 e. The highest BCUT2D eigenvalue weighted by molar-refractivity contribution is 5.94. The number of carbonyl (C=O) groups is 1. The number of nitrogens with zero attached hydrogens (tertiary/aromatic N) is 2. The van der Waals surface area contributed by atoms with Gasteiger partial charge >= 0.3 is 0 Å². The average Bonchev–Trinajstić information content (AvgIpc) is 2.80. The lowest BCUT2D eigenvalue weighted by molar-refractivity contribution is -0.118. The largest absolute Gasteiger partial charge is 0.492 e. The van der Waals surface area contributed by atoms with Crippen LogP contribution in [0.2, 0.25) is 0 Å². The molecule has 0 atom stereocenters. The van der Waals surface area contributed by atoms with Gasteiger partial charge in [-0.2, -0.15) is 0 Å². The Morgan fingerprint density at radius 2 is 1.74 bits per heavy atom. The van der Waals surface area contributed by atoms with Gasteiger partial charge in [-0.25, -0.2) is 0 Å². The van der Waals surface area contributed by atoms with E-state index < -0.39 is 0 Å². The summed E-state index contributed by atoms with van der Waals surface area (Å²) in [5.74, 6) is 1.44. The van der Waals surface area contributed by atoms with Crippen LogP contribution < -0.4 is 19.7 Å². The van der Waals surface area contributed by atoms with Crippen LogP contribution >= 0.6 is 0 Å². The molecule has 1 aromatic rings. The normalized spacial score (nSPS) is 17.6. The molecule has 0 radical (unpaired) electrons. The summed E-state index contributed by atoms with van der Waals surface area (Å²) in [4.78, 5) is 17.5. The number of benzene rings is 1. The lowest BCUT2D eigenvalue weighted by Gasteiger charge is -2.33. The van der Waals surface area contributed by atoms with Crippen LogP contribution in [0.3, 0.4) is 0 Å². The van der Waals surface area contributed by atoms with E-state index in [1.54, 1.807) is 0 Å². The first-order valence-electron chi connectivity index (χ1n) is 12.0. The number of hydrogen-bond acceptors (Lipinski definition) is 6. The maximum Gasteiger partial charge on any atom is 0.238 e. The molecule has 3 rings (SSSR count). The molecule has 7 heteroatoms. The summed E-state index contributed by atoms with van der Waals surface area (Å²) in [5.41, 5.74) is 1.66. The fourth-order valence-corrected chi connectivity index (χ4v) is 4.56. The molecule has 2 aliphatic rings. The van der Waals surface area contributed by atoms with Crippen LogP contribution in [-0.4, -0.2) is 69.5 Å². The zero-order valence-corrected chi connectivity index (χ0v) is 19.5. The van der Waals surface area contributed by atoms with Gasteiger partial charge in [-0.15, -0.1) is 0 Å². The Bertz CT molecular complexity index is 700. The number of hydrogen-bond donors (Lipinski definition) is 1. The Morgan fingerprint density at radius 3 is 2.39 bits per heavy atom. The standard InChI is InChI=1S/C24H39N3O4/c1-4-26(19-10-8-7-9-11-19)18-24(28)25-20-16-23(31-6-3)21(17-22(20)30-5-2)27-12-14-29-15-13-27/h16-17,19H,4-15,18H2,1-3H3,(H,25,28). The second-order valence-corrected chi connectivity index (χ2v) is 8.18. The number of ether oxygens (including phenoxy) is 3. The molecule has 2 fully saturated rings. The molecular formula is C24H39N3O4. The van der Waals surface area contributed by atoms with Crippen molar-refractivity contribution in [1.82, 2.24) is 4.90 Å². The van der Waals surface area contributed by atoms with Crippen molar-refractivity contribution in [1.29, 1.82) is 0 Å². The lowest BCUT2D eigenvalue weighted by atomic mass is 9.94. The van der Waals surface area contributed by atoms with Crippen LogP contribution in [0.25, 0.3) is 0 Å². The SMILES string of the molecule is CCOc1cc(N2CCOCC2)c(OCC)cc1NC(=O)CN(CC)C1CCCCC1. The third-order valence-electron chi connectivity index (χ3n) is 6.13. The fraction of sp³-hybridized carbons (Fsp3) is 0.708. The molecule has 1 heterocycles. The molecule has 1 amide bonds. The van der Waals surface area contributed by atoms with E-state index in [0.29, 0.717) is 50.5 Å². The number of rotatable bonds is 10. The van der Waals surface area contributed by atoms with Gasteiger partial charge in [0.2, 0.25) is 5.91 Å². The summed E-state index contributed by atoms with van der Waals surface area (Å²) in [6.07, 6.45) is 6.21. The van der Waals surface area contributed by atoms with Crippen molar-refractivity contribution in [2.75, 3.05) is 62.8 Å². The lowest BCUT2D eigenvalue weighted by Crippen LogP contribution is -2.41. The van der Waals surface area contributed by atoms with Crippen LogP contribution in [0.1, 0.15) is 52.9 Å². The van der Waals surface area contributed by atoms with Gasteiger partial charge in [0, 0.05) is 31.3 Å². The van der Waals surface area contributed by atoms with Crippen molar-refractivity contribution in [2.24, 2.45) is 0 Å². The maximum atomic E-state index is 13.0. The van der Waals surface area contributed by atoms with E-state index in [0.717, 1.165) is 31.1 Å². The molecule has 1 aliphatic heterocycles. The minimum absolute atomic E-state index is 0.00468. The van der Waals surface area contributed by atoms with Crippen molar-refractivity contribution in [2.45, 2.75) is 58.9 Å². The Labute approximate surface area is 187 Å². The van der Waals surface area contributed by atoms with Gasteiger partial charge in [0.05, 0.1) is 44.3 Å². The third kappa shape index (κ3) is 6.50. The van der Waals surface area contributed by atoms with E-state index in [1.807, 2.05) is 26.0 Å². The molecule has 1 aromatic carbocycles. The number of nitrogens with one attached hydrogen (secondary N) is 1. The van der Waals surface area contributed by atoms with Gasteiger partial charge < -0.3 is 24.4 Å². The minimum atomic E-state index is -0.00468. The number of anilines is 2. The zero-order chi connectivity index (χ0) is 22.1. The highest BCUT2D eigenvalue weighted by atomic mass is 16.5. The summed E-state index contributed by atoms with van der Waals surface area (Å²) in [7, 11) is 0. The Balaban J connectivity index is 1.77. The number of amides is 1. The van der Waals surface area contributed by atoms with E-state index in [2.05, 4.69) is 22.0 Å². The molecule has 1 aliphatic carbocycles. The average molecular weight is 434 g/mol. The highest BCUT2D eigenvalue weighted by Crippen LogP contribution is 2.39. The summed E-state index contributed by atoms with van der Waals surface area (Å²) >= 11 is 0. The molecular weight excluding hydrogens is 394 g/mol. The Morgan fingerprint density at radius 1 is 1.06 bits per heavy atom. The van der Waals surface area contributed by atoms with E-state index >= 15 is 0 Å². The predicted molar refractivity (Wildman–Crippen MR) is 125 cm³/mol. The topological polar surface area (TPSA) is 63.3 Å². The van der Waals surface area contributed by atoms with Gasteiger partial charge in [0.1, 0.15) is 11.5 Å². The zero-order valence-electron chi connectivity index (χ0n) is 19.5. The molecule has 31 heavy (non-hydrogen) atoms. The van der Waals surface area contributed by atoms with Crippen molar-refractivity contribution in [3.8, 4) is 11.5 Å². The first-order chi connectivity index (χ1) is 15.2. The van der Waals surface area contributed by atoms with Crippen LogP contribution in [0.5, 0.6) is 11.5 Å². The van der Waals surface area contributed by atoms with Crippen LogP contribution in [0, 0.1) is 0 Å². The number of morpholine rings is 1. The van der Waals surface area contributed by atoms with Gasteiger partial charge in [-0.1, -0.05) is 26.2 Å². The molecule has 0 aromatic heterocycles.